The molecule has 0 radical (unpaired) electrons. The van der Waals surface area contributed by atoms with E-state index in [2.05, 4.69) is 11.6 Å². The highest BCUT2D eigenvalue weighted by Crippen LogP contribution is 2.78. The van der Waals surface area contributed by atoms with Crippen molar-refractivity contribution in [3.05, 3.63) is 42.2 Å². The second kappa shape index (κ2) is 8.81. The molecule has 0 aromatic carbocycles. The molecule has 2 aliphatic carbocycles. The zero-order chi connectivity index (χ0) is 29.1. The molecule has 12 heteroatoms. The van der Waals surface area contributed by atoms with Gasteiger partial charge in [-0.3, -0.25) is 14.6 Å². The lowest BCUT2D eigenvalue weighted by molar-refractivity contribution is -0.303. The second-order valence-corrected chi connectivity index (χ2v) is 12.2. The summed E-state index contributed by atoms with van der Waals surface area (Å²) < 4.78 is 29.9. The number of unbranched alkanes of at least 4 members (excludes halogenated alkanes) is 1. The molecule has 13 atom stereocenters. The van der Waals surface area contributed by atoms with Crippen molar-refractivity contribution >= 4 is 17.9 Å². The quantitative estimate of drug-likeness (QED) is 0.231. The number of pyridine rings is 1. The molecular weight excluding hydrogens is 538 g/mol. The van der Waals surface area contributed by atoms with E-state index in [1.807, 2.05) is 6.92 Å². The molecule has 12 nitrogen and oxygen atoms in total. The van der Waals surface area contributed by atoms with E-state index in [1.165, 1.54) is 6.92 Å². The van der Waals surface area contributed by atoms with Gasteiger partial charge in [-0.05, 0) is 31.9 Å². The minimum absolute atomic E-state index is 0.108. The van der Waals surface area contributed by atoms with Crippen LogP contribution >= 0.6 is 0 Å². The number of carbonyl (C=O) groups is 3. The Hall–Kier alpha value is -2.90. The van der Waals surface area contributed by atoms with E-state index < -0.39 is 95.0 Å². The molecule has 4 saturated heterocycles. The van der Waals surface area contributed by atoms with Crippen molar-refractivity contribution in [3.63, 3.8) is 0 Å². The summed E-state index contributed by atoms with van der Waals surface area (Å²) in [5.74, 6) is -6.10. The largest absolute Gasteiger partial charge is 0.458 e. The molecule has 6 fully saturated rings. The average Bonchev–Trinajstić information content (AvgIpc) is 3.55. The molecule has 3 N–H and O–H groups in total. The molecule has 2 spiro atoms. The molecule has 6 aliphatic rings. The number of esters is 3. The summed E-state index contributed by atoms with van der Waals surface area (Å²) in [4.78, 5) is 44.3. The fourth-order valence-electron chi connectivity index (χ4n) is 9.01. The van der Waals surface area contributed by atoms with Gasteiger partial charge in [-0.25, -0.2) is 4.79 Å². The summed E-state index contributed by atoms with van der Waals surface area (Å²) in [6, 6.07) is 5.23. The Morgan fingerprint density at radius 3 is 2.51 bits per heavy atom. The molecule has 1 aromatic heterocycles. The summed E-state index contributed by atoms with van der Waals surface area (Å²) in [5.41, 5.74) is -4.48. The van der Waals surface area contributed by atoms with Gasteiger partial charge in [-0.15, -0.1) is 0 Å². The number of ether oxygens (including phenoxy) is 5. The van der Waals surface area contributed by atoms with Crippen molar-refractivity contribution in [2.45, 2.75) is 88.2 Å². The third-order valence-corrected chi connectivity index (χ3v) is 10.6. The number of aliphatic hydroxyl groups excluding tert-OH is 2. The highest BCUT2D eigenvalue weighted by molar-refractivity contribution is 5.85. The molecule has 8 unspecified atom stereocenters. The Morgan fingerprint density at radius 1 is 1.05 bits per heavy atom. The fourth-order valence-corrected chi connectivity index (χ4v) is 9.01. The predicted molar refractivity (Wildman–Crippen MR) is 134 cm³/mol. The van der Waals surface area contributed by atoms with Gasteiger partial charge in [-0.1, -0.05) is 31.6 Å². The van der Waals surface area contributed by atoms with Crippen LogP contribution in [0.5, 0.6) is 0 Å². The first kappa shape index (κ1) is 27.0. The minimum atomic E-state index is -2.16. The van der Waals surface area contributed by atoms with Gasteiger partial charge in [0.05, 0.1) is 41.3 Å². The van der Waals surface area contributed by atoms with Crippen molar-refractivity contribution in [2.75, 3.05) is 0 Å². The number of carbonyl (C=O) groups excluding carboxylic acids is 3. The minimum Gasteiger partial charge on any atom is -0.458 e. The Morgan fingerprint density at radius 2 is 1.80 bits per heavy atom. The van der Waals surface area contributed by atoms with Crippen LogP contribution in [0.15, 0.2) is 36.5 Å². The number of hydrogen-bond acceptors (Lipinski definition) is 12. The first-order chi connectivity index (χ1) is 19.6. The summed E-state index contributed by atoms with van der Waals surface area (Å²) in [6.45, 7) is 7.58. The maximum absolute atomic E-state index is 13.6. The number of aromatic nitrogens is 1. The molecule has 220 valence electrons. The van der Waals surface area contributed by atoms with Crippen LogP contribution in [0.3, 0.4) is 0 Å². The van der Waals surface area contributed by atoms with Crippen LogP contribution in [0.2, 0.25) is 0 Å². The smallest absolute Gasteiger partial charge is 0.338 e. The average molecular weight is 572 g/mol. The van der Waals surface area contributed by atoms with E-state index >= 15 is 0 Å². The van der Waals surface area contributed by atoms with E-state index in [1.54, 1.807) is 24.4 Å². The molecule has 2 saturated carbocycles. The lowest BCUT2D eigenvalue weighted by atomic mass is 9.46. The first-order valence-electron chi connectivity index (χ1n) is 14.1. The zero-order valence-corrected chi connectivity index (χ0v) is 22.7. The van der Waals surface area contributed by atoms with E-state index in [0.29, 0.717) is 17.7 Å². The highest BCUT2D eigenvalue weighted by Gasteiger charge is 2.95. The van der Waals surface area contributed by atoms with Gasteiger partial charge in [0, 0.05) is 12.1 Å². The van der Waals surface area contributed by atoms with E-state index in [9.17, 15) is 29.7 Å². The second-order valence-electron chi connectivity index (χ2n) is 12.2. The van der Waals surface area contributed by atoms with Crippen LogP contribution in [0.1, 0.15) is 38.8 Å². The lowest BCUT2D eigenvalue weighted by Crippen LogP contribution is -2.79. The Balaban J connectivity index is 1.44. The van der Waals surface area contributed by atoms with Gasteiger partial charge >= 0.3 is 17.9 Å². The number of fused-ring (bicyclic) bond motifs is 2. The van der Waals surface area contributed by atoms with Crippen molar-refractivity contribution in [3.8, 4) is 0 Å². The lowest BCUT2D eigenvalue weighted by Gasteiger charge is -2.60. The third-order valence-electron chi connectivity index (χ3n) is 10.6. The molecule has 4 aliphatic heterocycles. The first-order valence-corrected chi connectivity index (χ1v) is 14.1. The molecule has 2 bridgehead atoms. The molecule has 41 heavy (non-hydrogen) atoms. The standard InChI is InChI=1S/C29H33NO11/c1-4-5-8-12(2)15-17(31)20-28-18(32)21-29(36,13(3)23(33)39-21)16(24(34)38-20)19(28)40-26-27(15,28)22(25(35)41-26)37-11-14-9-6-7-10-30-14/h6-7,9-10,13,15-22,26,31-32,36H,2,4-5,8,11H2,1,3H3/t13-,15?,16?,17-,18+,19?,20?,21?,22+,26?,27?,28?,29+/m1/s1. The van der Waals surface area contributed by atoms with Crippen molar-refractivity contribution in [1.29, 1.82) is 0 Å². The van der Waals surface area contributed by atoms with Crippen molar-refractivity contribution in [2.24, 2.45) is 28.6 Å². The maximum atomic E-state index is 13.6. The summed E-state index contributed by atoms with van der Waals surface area (Å²) in [7, 11) is 0. The van der Waals surface area contributed by atoms with Crippen LogP contribution in [0.25, 0.3) is 0 Å². The predicted octanol–water partition coefficient (Wildman–Crippen LogP) is 0.167. The Bertz CT molecular complexity index is 1320. The van der Waals surface area contributed by atoms with Gasteiger partial charge in [0.15, 0.2) is 12.2 Å². The van der Waals surface area contributed by atoms with Crippen LogP contribution < -0.4 is 0 Å². The monoisotopic (exact) mass is 571 g/mol. The fraction of sp³-hybridized carbons (Fsp3) is 0.655. The van der Waals surface area contributed by atoms with Gasteiger partial charge in [0.2, 0.25) is 6.29 Å². The van der Waals surface area contributed by atoms with Gasteiger partial charge in [0.1, 0.15) is 23.7 Å². The molecule has 1 aromatic rings. The van der Waals surface area contributed by atoms with E-state index in [0.717, 1.165) is 12.8 Å². The van der Waals surface area contributed by atoms with Crippen LogP contribution in [-0.4, -0.2) is 86.7 Å². The molecular formula is C29H33NO11. The number of aliphatic hydroxyl groups is 3. The topological polar surface area (TPSA) is 171 Å². The third kappa shape index (κ3) is 2.92. The number of hydrogen-bond donors (Lipinski definition) is 3. The summed E-state index contributed by atoms with van der Waals surface area (Å²) in [5, 5.41) is 36.1. The number of nitrogens with zero attached hydrogens (tertiary/aromatic N) is 1. The molecule has 7 rings (SSSR count). The SMILES string of the molecule is C=C(CCCC)C1[C@@H](O)C2OC(=O)C3C4OC5OC(=O)[C@H](OCc6ccccn6)C51C42[C@@H](O)C1OC(=O)[C@@H](C)[C@]31O. The van der Waals surface area contributed by atoms with Crippen LogP contribution in [0.4, 0.5) is 0 Å². The number of rotatable bonds is 7. The van der Waals surface area contributed by atoms with E-state index in [4.69, 9.17) is 23.7 Å². The van der Waals surface area contributed by atoms with Crippen LogP contribution in [0, 0.1) is 28.6 Å². The normalized spacial score (nSPS) is 48.7. The summed E-state index contributed by atoms with van der Waals surface area (Å²) >= 11 is 0. The molecule has 0 amide bonds. The molecule has 5 heterocycles. The van der Waals surface area contributed by atoms with E-state index in [-0.39, 0.29) is 6.61 Å². The van der Waals surface area contributed by atoms with Gasteiger partial charge in [0.25, 0.3) is 0 Å². The van der Waals surface area contributed by atoms with Crippen LogP contribution in [-0.2, 0) is 44.7 Å². The van der Waals surface area contributed by atoms with Gasteiger partial charge in [-0.2, -0.15) is 0 Å². The maximum Gasteiger partial charge on any atom is 0.338 e. The van der Waals surface area contributed by atoms with Gasteiger partial charge < -0.3 is 39.0 Å². The Labute approximate surface area is 235 Å². The van der Waals surface area contributed by atoms with Crippen molar-refractivity contribution < 1.29 is 53.4 Å². The Kier molecular flexibility index (Phi) is 5.79. The zero-order valence-electron chi connectivity index (χ0n) is 22.7. The highest BCUT2D eigenvalue weighted by atomic mass is 16.7. The summed E-state index contributed by atoms with van der Waals surface area (Å²) in [6.07, 6.45) is -6.58. The van der Waals surface area contributed by atoms with Crippen molar-refractivity contribution in [1.82, 2.24) is 4.98 Å².